The summed E-state index contributed by atoms with van der Waals surface area (Å²) in [5.74, 6) is 0.113. The van der Waals surface area contributed by atoms with Crippen molar-refractivity contribution in [1.82, 2.24) is 0 Å². The van der Waals surface area contributed by atoms with Crippen molar-refractivity contribution in [3.63, 3.8) is 0 Å². The lowest BCUT2D eigenvalue weighted by molar-refractivity contribution is 0.0990. The number of rotatable bonds is 4. The van der Waals surface area contributed by atoms with Crippen molar-refractivity contribution in [1.29, 1.82) is 0 Å². The third-order valence-corrected chi connectivity index (χ3v) is 5.88. The van der Waals surface area contributed by atoms with Gasteiger partial charge in [0.05, 0.1) is 5.57 Å². The number of ether oxygens (including phenoxy) is 1. The van der Waals surface area contributed by atoms with E-state index in [1.54, 1.807) is 30.3 Å². The second-order valence-corrected chi connectivity index (χ2v) is 8.33. The van der Waals surface area contributed by atoms with Crippen LogP contribution in [0, 0.1) is 0 Å². The van der Waals surface area contributed by atoms with Gasteiger partial charge in [-0.3, -0.25) is 9.59 Å². The molecule has 0 N–H and O–H groups in total. The van der Waals surface area contributed by atoms with Crippen LogP contribution in [0.2, 0.25) is 0 Å². The number of carbonyl (C=O) groups is 2. The van der Waals surface area contributed by atoms with E-state index in [-0.39, 0.29) is 17.1 Å². The summed E-state index contributed by atoms with van der Waals surface area (Å²) in [5, 5.41) is 2.33. The molecule has 0 atom stereocenters. The molecule has 4 heteroatoms. The maximum absolute atomic E-state index is 12.8. The van der Waals surface area contributed by atoms with Gasteiger partial charge >= 0.3 is 0 Å². The number of ketones is 2. The molecule has 0 saturated heterocycles. The van der Waals surface area contributed by atoms with E-state index < -0.39 is 0 Å². The predicted molar refractivity (Wildman–Crippen MR) is 126 cm³/mol. The minimum Gasteiger partial charge on any atom is -0.488 e. The molecule has 5 rings (SSSR count). The molecular weight excluding hydrogens is 452 g/mol. The van der Waals surface area contributed by atoms with Gasteiger partial charge in [-0.05, 0) is 46.7 Å². The number of carbonyl (C=O) groups excluding carboxylic acids is 2. The Morgan fingerprint density at radius 2 is 1.42 bits per heavy atom. The zero-order chi connectivity index (χ0) is 21.4. The molecule has 0 spiro atoms. The standard InChI is InChI=1S/C27H17BrO3/c28-21-11-12-25(31-16-17-9-10-18-5-1-2-6-19(18)13-17)20(14-21)15-24-26(29)22-7-3-4-8-23(22)27(24)30/h1-15H,16H2. The summed E-state index contributed by atoms with van der Waals surface area (Å²) in [7, 11) is 0. The largest absolute Gasteiger partial charge is 0.488 e. The fraction of sp³-hybridized carbons (Fsp3) is 0.0370. The molecule has 0 fully saturated rings. The van der Waals surface area contributed by atoms with Crippen molar-refractivity contribution in [3.8, 4) is 5.75 Å². The van der Waals surface area contributed by atoms with Gasteiger partial charge in [0.2, 0.25) is 0 Å². The van der Waals surface area contributed by atoms with E-state index in [0.29, 0.717) is 29.0 Å². The van der Waals surface area contributed by atoms with Crippen molar-refractivity contribution in [2.75, 3.05) is 0 Å². The first-order valence-corrected chi connectivity index (χ1v) is 10.7. The molecule has 0 saturated carbocycles. The van der Waals surface area contributed by atoms with E-state index >= 15 is 0 Å². The van der Waals surface area contributed by atoms with Gasteiger partial charge in [0.15, 0.2) is 11.6 Å². The van der Waals surface area contributed by atoms with Crippen molar-refractivity contribution in [3.05, 3.63) is 117 Å². The maximum atomic E-state index is 12.8. The van der Waals surface area contributed by atoms with Crippen molar-refractivity contribution >= 4 is 44.3 Å². The van der Waals surface area contributed by atoms with Crippen molar-refractivity contribution in [2.45, 2.75) is 6.61 Å². The Morgan fingerprint density at radius 3 is 2.16 bits per heavy atom. The molecule has 0 bridgehead atoms. The molecule has 4 aromatic carbocycles. The lowest BCUT2D eigenvalue weighted by Gasteiger charge is -2.11. The lowest BCUT2D eigenvalue weighted by atomic mass is 10.1. The van der Waals surface area contributed by atoms with E-state index in [0.717, 1.165) is 15.4 Å². The van der Waals surface area contributed by atoms with E-state index in [1.807, 2.05) is 36.4 Å². The summed E-state index contributed by atoms with van der Waals surface area (Å²) in [6.45, 7) is 0.380. The summed E-state index contributed by atoms with van der Waals surface area (Å²) < 4.78 is 6.94. The molecule has 31 heavy (non-hydrogen) atoms. The van der Waals surface area contributed by atoms with Gasteiger partial charge in [-0.15, -0.1) is 0 Å². The Morgan fingerprint density at radius 1 is 0.742 bits per heavy atom. The Hall–Kier alpha value is -3.50. The Bertz CT molecular complexity index is 1350. The maximum Gasteiger partial charge on any atom is 0.197 e. The number of benzene rings is 4. The molecule has 0 radical (unpaired) electrons. The monoisotopic (exact) mass is 468 g/mol. The quantitative estimate of drug-likeness (QED) is 0.249. The van der Waals surface area contributed by atoms with Crippen molar-refractivity contribution in [2.24, 2.45) is 0 Å². The number of halogens is 1. The van der Waals surface area contributed by atoms with E-state index in [4.69, 9.17) is 4.74 Å². The third-order valence-electron chi connectivity index (χ3n) is 5.39. The van der Waals surface area contributed by atoms with Crippen LogP contribution in [0.3, 0.4) is 0 Å². The van der Waals surface area contributed by atoms with Crippen LogP contribution in [0.5, 0.6) is 5.75 Å². The van der Waals surface area contributed by atoms with Gasteiger partial charge in [-0.25, -0.2) is 0 Å². The van der Waals surface area contributed by atoms with Gasteiger partial charge < -0.3 is 4.74 Å². The molecule has 0 amide bonds. The Kier molecular flexibility index (Phi) is 5.00. The number of hydrogen-bond donors (Lipinski definition) is 0. The summed E-state index contributed by atoms with van der Waals surface area (Å²) in [5.41, 5.74) is 2.79. The number of fused-ring (bicyclic) bond motifs is 2. The topological polar surface area (TPSA) is 43.4 Å². The second-order valence-electron chi connectivity index (χ2n) is 7.41. The van der Waals surface area contributed by atoms with Crippen LogP contribution < -0.4 is 4.74 Å². The fourth-order valence-corrected chi connectivity index (χ4v) is 4.19. The lowest BCUT2D eigenvalue weighted by Crippen LogP contribution is -2.02. The van der Waals surface area contributed by atoms with Crippen LogP contribution in [-0.2, 0) is 6.61 Å². The zero-order valence-electron chi connectivity index (χ0n) is 16.5. The summed E-state index contributed by atoms with van der Waals surface area (Å²) >= 11 is 3.47. The molecule has 0 aliphatic heterocycles. The molecule has 1 aliphatic rings. The van der Waals surface area contributed by atoms with Gasteiger partial charge in [0.1, 0.15) is 12.4 Å². The first kappa shape index (κ1) is 19.5. The highest BCUT2D eigenvalue weighted by Crippen LogP contribution is 2.32. The molecule has 0 aromatic heterocycles. The van der Waals surface area contributed by atoms with Crippen LogP contribution in [0.4, 0.5) is 0 Å². The molecule has 0 heterocycles. The minimum absolute atomic E-state index is 0.162. The number of Topliss-reactive ketones (excluding diaryl/α,β-unsaturated/α-hetero) is 2. The summed E-state index contributed by atoms with van der Waals surface area (Å²) in [4.78, 5) is 25.5. The van der Waals surface area contributed by atoms with Crippen LogP contribution in [0.25, 0.3) is 16.8 Å². The van der Waals surface area contributed by atoms with Crippen LogP contribution >= 0.6 is 15.9 Å². The van der Waals surface area contributed by atoms with E-state index in [9.17, 15) is 9.59 Å². The van der Waals surface area contributed by atoms with Gasteiger partial charge in [0, 0.05) is 21.2 Å². The van der Waals surface area contributed by atoms with Crippen molar-refractivity contribution < 1.29 is 14.3 Å². The van der Waals surface area contributed by atoms with E-state index in [2.05, 4.69) is 40.2 Å². The highest BCUT2D eigenvalue weighted by Gasteiger charge is 2.32. The highest BCUT2D eigenvalue weighted by atomic mass is 79.9. The summed E-state index contributed by atoms with van der Waals surface area (Å²) in [6, 6.07) is 26.9. The number of allylic oxidation sites excluding steroid dienone is 1. The number of hydrogen-bond acceptors (Lipinski definition) is 3. The van der Waals surface area contributed by atoms with Crippen LogP contribution in [0.1, 0.15) is 31.8 Å². The first-order valence-electron chi connectivity index (χ1n) is 9.90. The van der Waals surface area contributed by atoms with E-state index in [1.165, 1.54) is 5.39 Å². The average Bonchev–Trinajstić information content (AvgIpc) is 3.03. The van der Waals surface area contributed by atoms with Gasteiger partial charge in [0.25, 0.3) is 0 Å². The fourth-order valence-electron chi connectivity index (χ4n) is 3.81. The predicted octanol–water partition coefficient (Wildman–Crippen LogP) is 6.64. The summed E-state index contributed by atoms with van der Waals surface area (Å²) in [6.07, 6.45) is 1.63. The molecular formula is C27H17BrO3. The normalized spacial score (nSPS) is 12.9. The average molecular weight is 469 g/mol. The molecule has 0 unspecified atom stereocenters. The SMILES string of the molecule is O=C1C(=Cc2cc(Br)ccc2OCc2ccc3ccccc3c2)C(=O)c2ccccc21. The molecule has 1 aliphatic carbocycles. The Labute approximate surface area is 188 Å². The van der Waals surface area contributed by atoms with Gasteiger partial charge in [-0.2, -0.15) is 0 Å². The molecule has 150 valence electrons. The highest BCUT2D eigenvalue weighted by molar-refractivity contribution is 9.10. The second kappa shape index (κ2) is 7.97. The molecule has 4 aromatic rings. The van der Waals surface area contributed by atoms with Crippen LogP contribution in [-0.4, -0.2) is 11.6 Å². The van der Waals surface area contributed by atoms with Gasteiger partial charge in [-0.1, -0.05) is 76.6 Å². The first-order chi connectivity index (χ1) is 15.1. The third kappa shape index (κ3) is 3.71. The Balaban J connectivity index is 1.46. The minimum atomic E-state index is -0.249. The van der Waals surface area contributed by atoms with Crippen LogP contribution in [0.15, 0.2) is 95.0 Å². The smallest absolute Gasteiger partial charge is 0.197 e. The molecule has 3 nitrogen and oxygen atoms in total. The zero-order valence-corrected chi connectivity index (χ0v) is 18.1.